The van der Waals surface area contributed by atoms with Crippen molar-refractivity contribution in [1.29, 1.82) is 0 Å². The summed E-state index contributed by atoms with van der Waals surface area (Å²) in [5, 5.41) is 0. The first-order valence-electron chi connectivity index (χ1n) is 8.31. The Morgan fingerprint density at radius 3 is 2.40 bits per heavy atom. The van der Waals surface area contributed by atoms with Crippen LogP contribution in [0.25, 0.3) is 0 Å². The second-order valence-corrected chi connectivity index (χ2v) is 6.18. The minimum Gasteiger partial charge on any atom is -0.330 e. The second-order valence-electron chi connectivity index (χ2n) is 6.18. The average molecular weight is 274 g/mol. The lowest BCUT2D eigenvalue weighted by molar-refractivity contribution is 0.127. The molecule has 0 aromatic heterocycles. The SMILES string of the molecule is CCC1CCC(N(CCCN)Cc2ccccc2)CC1. The Labute approximate surface area is 124 Å². The summed E-state index contributed by atoms with van der Waals surface area (Å²) in [7, 11) is 0. The molecule has 1 fully saturated rings. The zero-order valence-electron chi connectivity index (χ0n) is 12.9. The standard InChI is InChI=1S/C18H30N2/c1-2-16-9-11-18(12-10-16)20(14-6-13-19)15-17-7-4-3-5-8-17/h3-5,7-8,16,18H,2,6,9-15,19H2,1H3. The maximum absolute atomic E-state index is 5.72. The molecule has 0 unspecified atom stereocenters. The summed E-state index contributed by atoms with van der Waals surface area (Å²) < 4.78 is 0. The van der Waals surface area contributed by atoms with Gasteiger partial charge in [-0.1, -0.05) is 43.7 Å². The Hall–Kier alpha value is -0.860. The number of hydrogen-bond donors (Lipinski definition) is 1. The molecular formula is C18H30N2. The lowest BCUT2D eigenvalue weighted by Gasteiger charge is -2.37. The van der Waals surface area contributed by atoms with Crippen molar-refractivity contribution in [1.82, 2.24) is 4.90 Å². The predicted octanol–water partition coefficient (Wildman–Crippen LogP) is 3.81. The summed E-state index contributed by atoms with van der Waals surface area (Å²) in [6.45, 7) is 5.37. The molecule has 0 saturated heterocycles. The van der Waals surface area contributed by atoms with E-state index in [0.717, 1.165) is 38.0 Å². The molecule has 0 amide bonds. The topological polar surface area (TPSA) is 29.3 Å². The van der Waals surface area contributed by atoms with Gasteiger partial charge in [-0.2, -0.15) is 0 Å². The van der Waals surface area contributed by atoms with Gasteiger partial charge in [-0.05, 0) is 56.7 Å². The third-order valence-electron chi connectivity index (χ3n) is 4.79. The van der Waals surface area contributed by atoms with Crippen molar-refractivity contribution in [3.05, 3.63) is 35.9 Å². The highest BCUT2D eigenvalue weighted by Gasteiger charge is 2.24. The van der Waals surface area contributed by atoms with Crippen molar-refractivity contribution < 1.29 is 0 Å². The van der Waals surface area contributed by atoms with Gasteiger partial charge in [-0.15, -0.1) is 0 Å². The highest BCUT2D eigenvalue weighted by molar-refractivity contribution is 5.14. The molecule has 20 heavy (non-hydrogen) atoms. The fraction of sp³-hybridized carbons (Fsp3) is 0.667. The van der Waals surface area contributed by atoms with Crippen molar-refractivity contribution in [3.8, 4) is 0 Å². The van der Waals surface area contributed by atoms with E-state index < -0.39 is 0 Å². The molecule has 2 rings (SSSR count). The van der Waals surface area contributed by atoms with Gasteiger partial charge in [0.25, 0.3) is 0 Å². The van der Waals surface area contributed by atoms with E-state index in [-0.39, 0.29) is 0 Å². The minimum atomic E-state index is 0.768. The van der Waals surface area contributed by atoms with Crippen LogP contribution >= 0.6 is 0 Å². The Balaban J connectivity index is 1.93. The van der Waals surface area contributed by atoms with E-state index in [2.05, 4.69) is 42.2 Å². The van der Waals surface area contributed by atoms with E-state index >= 15 is 0 Å². The van der Waals surface area contributed by atoms with Crippen molar-refractivity contribution >= 4 is 0 Å². The van der Waals surface area contributed by atoms with Crippen LogP contribution in [0.4, 0.5) is 0 Å². The molecule has 0 spiro atoms. The Morgan fingerprint density at radius 1 is 1.10 bits per heavy atom. The van der Waals surface area contributed by atoms with Crippen molar-refractivity contribution in [2.45, 2.75) is 58.0 Å². The Morgan fingerprint density at radius 2 is 1.80 bits per heavy atom. The third kappa shape index (κ3) is 4.60. The van der Waals surface area contributed by atoms with Gasteiger partial charge >= 0.3 is 0 Å². The maximum Gasteiger partial charge on any atom is 0.0236 e. The molecular weight excluding hydrogens is 244 g/mol. The van der Waals surface area contributed by atoms with E-state index in [4.69, 9.17) is 5.73 Å². The fourth-order valence-corrected chi connectivity index (χ4v) is 3.42. The number of rotatable bonds is 7. The van der Waals surface area contributed by atoms with Crippen LogP contribution in [0.15, 0.2) is 30.3 Å². The summed E-state index contributed by atoms with van der Waals surface area (Å²) in [4.78, 5) is 2.67. The quantitative estimate of drug-likeness (QED) is 0.819. The zero-order chi connectivity index (χ0) is 14.2. The lowest BCUT2D eigenvalue weighted by Crippen LogP contribution is -2.38. The normalized spacial score (nSPS) is 23.1. The van der Waals surface area contributed by atoms with Crippen LogP contribution in [0.1, 0.15) is 51.0 Å². The summed E-state index contributed by atoms with van der Waals surface area (Å²) >= 11 is 0. The van der Waals surface area contributed by atoms with E-state index in [1.807, 2.05) is 0 Å². The van der Waals surface area contributed by atoms with Gasteiger partial charge in [0.05, 0.1) is 0 Å². The third-order valence-corrected chi connectivity index (χ3v) is 4.79. The number of nitrogens with zero attached hydrogens (tertiary/aromatic N) is 1. The highest BCUT2D eigenvalue weighted by Crippen LogP contribution is 2.30. The molecule has 0 heterocycles. The van der Waals surface area contributed by atoms with E-state index in [1.165, 1.54) is 37.7 Å². The van der Waals surface area contributed by atoms with Crippen LogP contribution in [0.5, 0.6) is 0 Å². The smallest absolute Gasteiger partial charge is 0.0236 e. The Kier molecular flexibility index (Phi) is 6.55. The van der Waals surface area contributed by atoms with Crippen molar-refractivity contribution in [2.75, 3.05) is 13.1 Å². The maximum atomic E-state index is 5.72. The van der Waals surface area contributed by atoms with Gasteiger partial charge in [0.2, 0.25) is 0 Å². The fourth-order valence-electron chi connectivity index (χ4n) is 3.42. The molecule has 0 atom stereocenters. The predicted molar refractivity (Wildman–Crippen MR) is 86.6 cm³/mol. The highest BCUT2D eigenvalue weighted by atomic mass is 15.2. The largest absolute Gasteiger partial charge is 0.330 e. The Bertz CT molecular complexity index is 355. The second kappa shape index (κ2) is 8.43. The van der Waals surface area contributed by atoms with E-state index in [0.29, 0.717) is 0 Å². The minimum absolute atomic E-state index is 0.768. The first-order chi connectivity index (χ1) is 9.83. The molecule has 1 aromatic carbocycles. The van der Waals surface area contributed by atoms with Crippen LogP contribution in [0.2, 0.25) is 0 Å². The van der Waals surface area contributed by atoms with Crippen LogP contribution < -0.4 is 5.73 Å². The van der Waals surface area contributed by atoms with E-state index in [1.54, 1.807) is 0 Å². The number of nitrogens with two attached hydrogens (primary N) is 1. The van der Waals surface area contributed by atoms with Crippen LogP contribution in [-0.4, -0.2) is 24.0 Å². The molecule has 1 aliphatic rings. The zero-order valence-corrected chi connectivity index (χ0v) is 12.9. The molecule has 2 nitrogen and oxygen atoms in total. The molecule has 2 heteroatoms. The number of hydrogen-bond acceptors (Lipinski definition) is 2. The summed E-state index contributed by atoms with van der Waals surface area (Å²) in [5.41, 5.74) is 7.15. The van der Waals surface area contributed by atoms with Crippen LogP contribution in [-0.2, 0) is 6.54 Å². The van der Waals surface area contributed by atoms with Gasteiger partial charge in [0.1, 0.15) is 0 Å². The van der Waals surface area contributed by atoms with Crippen LogP contribution in [0.3, 0.4) is 0 Å². The summed E-state index contributed by atoms with van der Waals surface area (Å²) in [5.74, 6) is 0.972. The molecule has 0 bridgehead atoms. The number of benzene rings is 1. The monoisotopic (exact) mass is 274 g/mol. The van der Waals surface area contributed by atoms with Crippen molar-refractivity contribution in [3.63, 3.8) is 0 Å². The van der Waals surface area contributed by atoms with Gasteiger partial charge < -0.3 is 5.73 Å². The molecule has 2 N–H and O–H groups in total. The summed E-state index contributed by atoms with van der Waals surface area (Å²) in [6.07, 6.45) is 8.03. The summed E-state index contributed by atoms with van der Waals surface area (Å²) in [6, 6.07) is 11.6. The van der Waals surface area contributed by atoms with Gasteiger partial charge in [0.15, 0.2) is 0 Å². The average Bonchev–Trinajstić information content (AvgIpc) is 2.52. The molecule has 1 aliphatic carbocycles. The van der Waals surface area contributed by atoms with E-state index in [9.17, 15) is 0 Å². The molecule has 0 radical (unpaired) electrons. The molecule has 112 valence electrons. The first kappa shape index (κ1) is 15.5. The first-order valence-corrected chi connectivity index (χ1v) is 8.31. The molecule has 1 saturated carbocycles. The van der Waals surface area contributed by atoms with Gasteiger partial charge in [-0.3, -0.25) is 4.90 Å². The van der Waals surface area contributed by atoms with Gasteiger partial charge in [0, 0.05) is 12.6 Å². The molecule has 1 aromatic rings. The van der Waals surface area contributed by atoms with Crippen molar-refractivity contribution in [2.24, 2.45) is 11.7 Å². The van der Waals surface area contributed by atoms with Crippen LogP contribution in [0, 0.1) is 5.92 Å². The molecule has 0 aliphatic heterocycles. The van der Waals surface area contributed by atoms with Gasteiger partial charge in [-0.25, -0.2) is 0 Å². The lowest BCUT2D eigenvalue weighted by atomic mass is 9.83.